The van der Waals surface area contributed by atoms with Crippen LogP contribution in [0.25, 0.3) is 5.69 Å². The van der Waals surface area contributed by atoms with Crippen LogP contribution in [0.1, 0.15) is 0 Å². The zero-order valence-electron chi connectivity index (χ0n) is 14.4. The molecule has 3 rings (SSSR count). The first-order valence-corrected chi connectivity index (χ1v) is 10.4. The summed E-state index contributed by atoms with van der Waals surface area (Å²) in [6, 6.07) is 13.0. The van der Waals surface area contributed by atoms with E-state index in [1.54, 1.807) is 36.0 Å². The lowest BCUT2D eigenvalue weighted by molar-refractivity contribution is -0.384. The molecule has 0 fully saturated rings. The number of nitrogens with zero attached hydrogens (tertiary/aromatic N) is 4. The van der Waals surface area contributed by atoms with Crippen molar-refractivity contribution >= 4 is 64.2 Å². The fourth-order valence-corrected chi connectivity index (χ4v) is 4.63. The summed E-state index contributed by atoms with van der Waals surface area (Å²) in [4.78, 5) is 24.1. The SMILES string of the molecule is CN(C(=O)CSc1nn(-c2ccc(Cl)cc2)c(=S)s1)c1ccc([N+](=O)[O-])cc1. The molecule has 0 unspecified atom stereocenters. The van der Waals surface area contributed by atoms with E-state index in [1.165, 1.54) is 40.1 Å². The third-order valence-electron chi connectivity index (χ3n) is 3.74. The summed E-state index contributed by atoms with van der Waals surface area (Å²) >= 11 is 13.9. The van der Waals surface area contributed by atoms with Gasteiger partial charge in [-0.1, -0.05) is 34.7 Å². The number of carbonyl (C=O) groups is 1. The third-order valence-corrected chi connectivity index (χ3v) is 6.34. The molecule has 0 spiro atoms. The van der Waals surface area contributed by atoms with Crippen LogP contribution in [0.4, 0.5) is 11.4 Å². The molecule has 0 saturated carbocycles. The minimum Gasteiger partial charge on any atom is -0.315 e. The summed E-state index contributed by atoms with van der Waals surface area (Å²) in [7, 11) is 1.62. The molecule has 144 valence electrons. The lowest BCUT2D eigenvalue weighted by Crippen LogP contribution is -2.27. The van der Waals surface area contributed by atoms with Gasteiger partial charge in [0.15, 0.2) is 8.29 Å². The first-order chi connectivity index (χ1) is 13.3. The average Bonchev–Trinajstić information content (AvgIpc) is 3.06. The Hall–Kier alpha value is -2.27. The fraction of sp³-hybridized carbons (Fsp3) is 0.118. The van der Waals surface area contributed by atoms with Gasteiger partial charge in [0.25, 0.3) is 5.69 Å². The van der Waals surface area contributed by atoms with Crippen molar-refractivity contribution in [2.45, 2.75) is 4.34 Å². The molecule has 0 aliphatic carbocycles. The highest BCUT2D eigenvalue weighted by Gasteiger charge is 2.15. The maximum Gasteiger partial charge on any atom is 0.269 e. The molecule has 0 saturated heterocycles. The molecule has 0 N–H and O–H groups in total. The maximum absolute atomic E-state index is 12.4. The van der Waals surface area contributed by atoms with E-state index in [9.17, 15) is 14.9 Å². The third kappa shape index (κ3) is 4.76. The van der Waals surface area contributed by atoms with Crippen LogP contribution in [0.15, 0.2) is 52.9 Å². The number of hydrogen-bond acceptors (Lipinski definition) is 7. The second kappa shape index (κ2) is 8.82. The highest BCUT2D eigenvalue weighted by atomic mass is 35.5. The van der Waals surface area contributed by atoms with E-state index in [0.717, 1.165) is 5.69 Å². The summed E-state index contributed by atoms with van der Waals surface area (Å²) in [5.74, 6) is 0.00847. The van der Waals surface area contributed by atoms with Crippen molar-refractivity contribution < 1.29 is 9.72 Å². The van der Waals surface area contributed by atoms with Crippen molar-refractivity contribution in [1.82, 2.24) is 9.78 Å². The van der Waals surface area contributed by atoms with E-state index in [1.807, 2.05) is 12.1 Å². The van der Waals surface area contributed by atoms with Gasteiger partial charge in [-0.3, -0.25) is 14.9 Å². The van der Waals surface area contributed by atoms with Crippen LogP contribution in [0.2, 0.25) is 5.02 Å². The van der Waals surface area contributed by atoms with E-state index in [4.69, 9.17) is 23.8 Å². The van der Waals surface area contributed by atoms with Gasteiger partial charge >= 0.3 is 0 Å². The Kier molecular flexibility index (Phi) is 6.45. The first-order valence-electron chi connectivity index (χ1n) is 7.85. The smallest absolute Gasteiger partial charge is 0.269 e. The summed E-state index contributed by atoms with van der Waals surface area (Å²) in [6.45, 7) is 0. The molecule has 28 heavy (non-hydrogen) atoms. The molecular formula is C17H13ClN4O3S3. The minimum absolute atomic E-state index is 0.0218. The number of hydrogen-bond donors (Lipinski definition) is 0. The van der Waals surface area contributed by atoms with Crippen LogP contribution in [0.5, 0.6) is 0 Å². The number of nitro benzene ring substituents is 1. The fourth-order valence-electron chi connectivity index (χ4n) is 2.23. The van der Waals surface area contributed by atoms with Gasteiger partial charge in [-0.05, 0) is 48.6 Å². The summed E-state index contributed by atoms with van der Waals surface area (Å²) in [6.07, 6.45) is 0. The Morgan fingerprint density at radius 2 is 1.93 bits per heavy atom. The second-order valence-electron chi connectivity index (χ2n) is 5.54. The molecule has 11 heteroatoms. The van der Waals surface area contributed by atoms with E-state index < -0.39 is 4.92 Å². The van der Waals surface area contributed by atoms with Crippen molar-refractivity contribution in [3.63, 3.8) is 0 Å². The van der Waals surface area contributed by atoms with E-state index in [2.05, 4.69) is 5.10 Å². The molecule has 0 aliphatic rings. The summed E-state index contributed by atoms with van der Waals surface area (Å²) < 4.78 is 2.87. The van der Waals surface area contributed by atoms with Crippen molar-refractivity contribution in [3.8, 4) is 5.69 Å². The normalized spacial score (nSPS) is 10.6. The Balaban J connectivity index is 1.66. The van der Waals surface area contributed by atoms with Crippen molar-refractivity contribution in [1.29, 1.82) is 0 Å². The monoisotopic (exact) mass is 452 g/mol. The number of amides is 1. The van der Waals surface area contributed by atoms with Crippen molar-refractivity contribution in [2.24, 2.45) is 0 Å². The lowest BCUT2D eigenvalue weighted by Gasteiger charge is -2.16. The number of rotatable bonds is 6. The standard InChI is InChI=1S/C17H13ClN4O3S3/c1-20(12-6-8-14(9-7-12)22(24)25)15(23)10-27-16-19-21(17(26)28-16)13-4-2-11(18)3-5-13/h2-9H,10H2,1H3. The van der Waals surface area contributed by atoms with Crippen LogP contribution in [-0.4, -0.2) is 33.4 Å². The molecule has 1 heterocycles. The maximum atomic E-state index is 12.4. The number of anilines is 1. The molecule has 0 radical (unpaired) electrons. The van der Waals surface area contributed by atoms with Crippen LogP contribution in [0, 0.1) is 14.1 Å². The van der Waals surface area contributed by atoms with Gasteiger partial charge in [0.1, 0.15) is 0 Å². The number of halogens is 1. The predicted molar refractivity (Wildman–Crippen MR) is 115 cm³/mol. The molecule has 7 nitrogen and oxygen atoms in total. The van der Waals surface area contributed by atoms with Crippen LogP contribution < -0.4 is 4.90 Å². The van der Waals surface area contributed by atoms with Crippen molar-refractivity contribution in [2.75, 3.05) is 17.7 Å². The van der Waals surface area contributed by atoms with Gasteiger partial charge in [0.2, 0.25) is 5.91 Å². The van der Waals surface area contributed by atoms with Gasteiger partial charge in [-0.2, -0.15) is 0 Å². The number of carbonyl (C=O) groups excluding carboxylic acids is 1. The van der Waals surface area contributed by atoms with Crippen molar-refractivity contribution in [3.05, 3.63) is 67.6 Å². The largest absolute Gasteiger partial charge is 0.315 e. The number of nitro groups is 1. The topological polar surface area (TPSA) is 81.3 Å². The highest BCUT2D eigenvalue weighted by molar-refractivity contribution is 8.01. The lowest BCUT2D eigenvalue weighted by atomic mass is 10.2. The predicted octanol–water partition coefficient (Wildman–Crippen LogP) is 4.98. The molecule has 1 aromatic heterocycles. The molecular weight excluding hydrogens is 440 g/mol. The Morgan fingerprint density at radius 1 is 1.29 bits per heavy atom. The van der Waals surface area contributed by atoms with Gasteiger partial charge in [-0.25, -0.2) is 4.68 Å². The molecule has 0 aliphatic heterocycles. The van der Waals surface area contributed by atoms with Gasteiger partial charge in [0.05, 0.1) is 16.4 Å². The van der Waals surface area contributed by atoms with Crippen LogP contribution in [0.3, 0.4) is 0 Å². The zero-order chi connectivity index (χ0) is 20.3. The number of non-ortho nitro benzene ring substituents is 1. The molecule has 0 atom stereocenters. The zero-order valence-corrected chi connectivity index (χ0v) is 17.6. The minimum atomic E-state index is -0.480. The highest BCUT2D eigenvalue weighted by Crippen LogP contribution is 2.26. The van der Waals surface area contributed by atoms with Crippen LogP contribution >= 0.6 is 46.9 Å². The number of aromatic nitrogens is 2. The van der Waals surface area contributed by atoms with Gasteiger partial charge in [0, 0.05) is 29.9 Å². The van der Waals surface area contributed by atoms with Gasteiger partial charge in [-0.15, -0.1) is 5.10 Å². The summed E-state index contributed by atoms with van der Waals surface area (Å²) in [5.41, 5.74) is 1.36. The number of benzene rings is 2. The van der Waals surface area contributed by atoms with Gasteiger partial charge < -0.3 is 4.90 Å². The quantitative estimate of drug-likeness (QED) is 0.227. The van der Waals surface area contributed by atoms with Crippen LogP contribution in [-0.2, 0) is 4.79 Å². The average molecular weight is 453 g/mol. The molecule has 3 aromatic rings. The van der Waals surface area contributed by atoms with E-state index in [0.29, 0.717) is 19.0 Å². The van der Waals surface area contributed by atoms with E-state index in [-0.39, 0.29) is 17.3 Å². The van der Waals surface area contributed by atoms with E-state index >= 15 is 0 Å². The first kappa shape index (κ1) is 20.5. The summed E-state index contributed by atoms with van der Waals surface area (Å²) in [5, 5.41) is 15.8. The molecule has 0 bridgehead atoms. The second-order valence-corrected chi connectivity index (χ2v) is 8.82. The molecule has 2 aromatic carbocycles. The Bertz CT molecular complexity index is 1060. The Labute approximate surface area is 178 Å². The Morgan fingerprint density at radius 3 is 2.54 bits per heavy atom. The number of thioether (sulfide) groups is 1. The molecule has 1 amide bonds.